The topological polar surface area (TPSA) is 291 Å². The van der Waals surface area contributed by atoms with E-state index in [1.54, 1.807) is 47.5 Å². The monoisotopic (exact) mass is 1590 g/mol. The maximum atomic E-state index is 10.8. The molecule has 10 aromatic rings. The summed E-state index contributed by atoms with van der Waals surface area (Å²) in [5.41, 5.74) is 5.69. The Hall–Kier alpha value is -8.07. The molecule has 0 amide bonds. The van der Waals surface area contributed by atoms with Crippen LogP contribution in [-0.2, 0) is 6.54 Å². The number of nitrogens with zero attached hydrogens (tertiary/aromatic N) is 22. The highest BCUT2D eigenvalue weighted by molar-refractivity contribution is 6.36. The van der Waals surface area contributed by atoms with Crippen LogP contribution in [0.3, 0.4) is 0 Å². The lowest BCUT2D eigenvalue weighted by atomic mass is 9.75. The lowest BCUT2D eigenvalue weighted by Gasteiger charge is -2.50. The standard InChI is InChI=1S/C78H85Cl6N23O2/c1-44(12-17-108)100-32-47(19-50(35-100)53-39-103(40-53)70-29-90-73-64(26-85)96-105(76(73)93-70)46(3)58-9-6-55(79)23-61(58)82)22-68(60-11-8-57(81)25-63(60)84)107-78-75(66(28-87)98-107)92-31-72(95-78)104-41-54(42-104)51-20-48(33-101(36-51)45(2)13-18-109)21-67(59-10-7-56(80)24-62(59)83)106-77-74(65(27-86)97-106)91-30-71(94-77)102-37-52(38-102)49-5-4-16-99(34-49)43-69-88-14-15-89-69/h6-11,14-15,23-25,29-31,44-54,67-68,108-109H,4-5,12-13,16-22,32-43H2,1-3H3,(H,88,89)/t44-,45+,46-,47?,48?,49-,50+,51+,67-,68-/m1/s1. The number of aliphatic hydroxyl groups excluding tert-OH is 2. The van der Waals surface area contributed by atoms with Gasteiger partial charge in [-0.05, 0) is 179 Å². The molecule has 7 aromatic heterocycles. The fourth-order valence-electron chi connectivity index (χ4n) is 18.2. The van der Waals surface area contributed by atoms with Crippen LogP contribution in [0.2, 0.25) is 30.1 Å². The first kappa shape index (κ1) is 75.0. The summed E-state index contributed by atoms with van der Waals surface area (Å²) in [5.74, 6) is 5.50. The zero-order valence-electron chi connectivity index (χ0n) is 60.9. The molecule has 16 rings (SSSR count). The van der Waals surface area contributed by atoms with Gasteiger partial charge in [-0.3, -0.25) is 4.90 Å². The highest BCUT2D eigenvalue weighted by atomic mass is 35.5. The Morgan fingerprint density at radius 1 is 0.495 bits per heavy atom. The first-order valence-corrected chi connectivity index (χ1v) is 40.1. The Bertz CT molecular complexity index is 5110. The van der Waals surface area contributed by atoms with Gasteiger partial charge in [0.15, 0.2) is 34.0 Å². The molecule has 31 heteroatoms. The van der Waals surface area contributed by atoms with E-state index in [2.05, 4.69) is 76.5 Å². The van der Waals surface area contributed by atoms with Gasteiger partial charge >= 0.3 is 0 Å². The maximum Gasteiger partial charge on any atom is 0.190 e. The van der Waals surface area contributed by atoms with E-state index in [1.807, 2.05) is 59.0 Å². The zero-order valence-corrected chi connectivity index (χ0v) is 65.4. The first-order chi connectivity index (χ1) is 52.9. The highest BCUT2D eigenvalue weighted by Crippen LogP contribution is 2.46. The lowest BCUT2D eigenvalue weighted by molar-refractivity contribution is 0.0404. The number of likely N-dealkylation sites (tertiary alicyclic amines) is 3. The summed E-state index contributed by atoms with van der Waals surface area (Å²) >= 11 is 40.8. The number of imidazole rings is 1. The van der Waals surface area contributed by atoms with Crippen molar-refractivity contribution in [1.29, 1.82) is 15.8 Å². The summed E-state index contributed by atoms with van der Waals surface area (Å²) in [5, 5.41) is 70.1. The molecule has 6 fully saturated rings. The third kappa shape index (κ3) is 15.2. The second kappa shape index (κ2) is 32.0. The summed E-state index contributed by atoms with van der Waals surface area (Å²) in [6, 6.07) is 22.2. The Morgan fingerprint density at radius 2 is 0.908 bits per heavy atom. The number of nitrogens with one attached hydrogen (secondary N) is 1. The molecule has 13 heterocycles. The van der Waals surface area contributed by atoms with Gasteiger partial charge in [0.05, 0.1) is 43.3 Å². The third-order valence-corrected chi connectivity index (χ3v) is 26.0. The van der Waals surface area contributed by atoms with Crippen LogP contribution in [0.4, 0.5) is 17.5 Å². The predicted molar refractivity (Wildman–Crippen MR) is 421 cm³/mol. The summed E-state index contributed by atoms with van der Waals surface area (Å²) in [4.78, 5) is 52.6. The number of nitriles is 3. The van der Waals surface area contributed by atoms with Gasteiger partial charge in [-0.25, -0.2) is 48.9 Å². The summed E-state index contributed by atoms with van der Waals surface area (Å²) in [6.45, 7) is 17.2. The van der Waals surface area contributed by atoms with Crippen LogP contribution in [-0.4, -0.2) is 198 Å². The number of hydrogen-bond acceptors (Lipinski definition) is 21. The number of H-pyrrole nitrogens is 1. The van der Waals surface area contributed by atoms with Gasteiger partial charge in [0.25, 0.3) is 0 Å². The second-order valence-electron chi connectivity index (χ2n) is 31.1. The lowest BCUT2D eigenvalue weighted by Crippen LogP contribution is -2.56. The number of aromatic amines is 1. The van der Waals surface area contributed by atoms with Crippen LogP contribution in [0.15, 0.2) is 85.6 Å². The van der Waals surface area contributed by atoms with E-state index >= 15 is 0 Å². The number of fused-ring (bicyclic) bond motifs is 3. The molecule has 6 saturated heterocycles. The van der Waals surface area contributed by atoms with Crippen molar-refractivity contribution in [3.05, 3.63) is 155 Å². The van der Waals surface area contributed by atoms with E-state index in [0.29, 0.717) is 132 Å². The van der Waals surface area contributed by atoms with Gasteiger partial charge in [0.2, 0.25) is 0 Å². The average molecular weight is 1590 g/mol. The first-order valence-electron chi connectivity index (χ1n) is 37.9. The number of aromatic nitrogens is 14. The molecular formula is C78H85Cl6N23O2. The van der Waals surface area contributed by atoms with Crippen molar-refractivity contribution < 1.29 is 10.2 Å². The minimum absolute atomic E-state index is 0.0594. The minimum Gasteiger partial charge on any atom is -0.396 e. The Labute approximate surface area is 662 Å². The molecule has 0 bridgehead atoms. The van der Waals surface area contributed by atoms with Gasteiger partial charge in [-0.15, -0.1) is 0 Å². The average Bonchev–Trinajstić information content (AvgIpc) is 1.66. The number of hydrogen-bond donors (Lipinski definition) is 3. The van der Waals surface area contributed by atoms with Gasteiger partial charge in [0, 0.05) is 140 Å². The smallest absolute Gasteiger partial charge is 0.190 e. The largest absolute Gasteiger partial charge is 0.396 e. The number of halogens is 6. The van der Waals surface area contributed by atoms with E-state index < -0.39 is 12.1 Å². The SMILES string of the molecule is C[C@H](CCO)N1CC(C[C@H](c2ccc(Cl)cc2Cl)n2nc(C#N)c3ncc(N4CC([C@H]5CC(C[C@H](c6ccc(Cl)cc6Cl)n6nc(C#N)c7ncc(N8CC([C@@H]9CCCN(Cc%10ncc[nH]%10)C9)C8)nc76)CN([C@@H](C)CCO)C5)C4)nc32)C[C@H](C2CN(c3cnc4c(C#N)nn([C@H](C)c5ccc(Cl)cc5Cl)c4n3)C2)C1. The number of piperidine rings is 3. The molecule has 6 aliphatic heterocycles. The van der Waals surface area contributed by atoms with Crippen LogP contribution in [0.25, 0.3) is 33.5 Å². The molecule has 0 spiro atoms. The number of rotatable bonds is 24. The van der Waals surface area contributed by atoms with Crippen LogP contribution < -0.4 is 14.7 Å². The van der Waals surface area contributed by atoms with Crippen molar-refractivity contribution in [2.75, 3.05) is 106 Å². The number of anilines is 3. The summed E-state index contributed by atoms with van der Waals surface area (Å²) in [7, 11) is 0. The molecule has 10 atom stereocenters. The highest BCUT2D eigenvalue weighted by Gasteiger charge is 2.45. The van der Waals surface area contributed by atoms with E-state index in [9.17, 15) is 26.0 Å². The van der Waals surface area contributed by atoms with E-state index in [4.69, 9.17) is 110 Å². The molecule has 3 aromatic carbocycles. The second-order valence-corrected chi connectivity index (χ2v) is 33.6. The molecule has 2 unspecified atom stereocenters. The van der Waals surface area contributed by atoms with E-state index in [1.165, 1.54) is 6.42 Å². The van der Waals surface area contributed by atoms with Gasteiger partial charge in [-0.1, -0.05) is 87.8 Å². The fourth-order valence-corrected chi connectivity index (χ4v) is 19.8. The van der Waals surface area contributed by atoms with Crippen molar-refractivity contribution in [2.24, 2.45) is 47.3 Å². The van der Waals surface area contributed by atoms with Gasteiger partial charge < -0.3 is 39.7 Å². The molecule has 566 valence electrons. The minimum atomic E-state index is -0.487. The molecular weight excluding hydrogens is 1500 g/mol. The van der Waals surface area contributed by atoms with Gasteiger partial charge in [-0.2, -0.15) is 31.1 Å². The van der Waals surface area contributed by atoms with Crippen LogP contribution in [0, 0.1) is 81.3 Å². The molecule has 109 heavy (non-hydrogen) atoms. The Morgan fingerprint density at radius 3 is 1.31 bits per heavy atom. The predicted octanol–water partition coefficient (Wildman–Crippen LogP) is 13.0. The fraction of sp³-hybridized carbons (Fsp3) is 0.500. The zero-order chi connectivity index (χ0) is 75.5. The Balaban J connectivity index is 0.645. The van der Waals surface area contributed by atoms with Crippen molar-refractivity contribution in [3.63, 3.8) is 0 Å². The number of benzene rings is 3. The molecule has 0 aliphatic carbocycles. The summed E-state index contributed by atoms with van der Waals surface area (Å²) < 4.78 is 5.47. The van der Waals surface area contributed by atoms with Crippen molar-refractivity contribution >= 4 is 121 Å². The molecule has 3 N–H and O–H groups in total. The Kier molecular flexibility index (Phi) is 22.0. The number of aliphatic hydroxyl groups is 2. The molecule has 0 radical (unpaired) electrons. The van der Waals surface area contributed by atoms with Crippen LogP contribution in [0.5, 0.6) is 0 Å². The van der Waals surface area contributed by atoms with Gasteiger partial charge in [0.1, 0.15) is 58.0 Å². The van der Waals surface area contributed by atoms with E-state index in [-0.39, 0.29) is 78.0 Å². The maximum absolute atomic E-state index is 10.8. The van der Waals surface area contributed by atoms with Crippen molar-refractivity contribution in [1.82, 2.24) is 83.9 Å². The quantitative estimate of drug-likeness (QED) is 0.0506. The van der Waals surface area contributed by atoms with Crippen LogP contribution >= 0.6 is 69.6 Å². The van der Waals surface area contributed by atoms with Crippen molar-refractivity contribution in [2.45, 2.75) is 109 Å². The summed E-state index contributed by atoms with van der Waals surface area (Å²) in [6.07, 6.45) is 15.5. The normalized spacial score (nSPS) is 22.1. The molecule has 6 aliphatic rings. The third-order valence-electron chi connectivity index (χ3n) is 24.3. The van der Waals surface area contributed by atoms with E-state index in [0.717, 1.165) is 120 Å². The van der Waals surface area contributed by atoms with Crippen LogP contribution in [0.1, 0.15) is 130 Å². The van der Waals surface area contributed by atoms with Crippen molar-refractivity contribution in [3.8, 4) is 18.2 Å². The molecule has 25 nitrogen and oxygen atoms in total. The molecule has 0 saturated carbocycles.